The second-order valence-corrected chi connectivity index (χ2v) is 5.99. The highest BCUT2D eigenvalue weighted by Crippen LogP contribution is 2.09. The van der Waals surface area contributed by atoms with Crippen molar-refractivity contribution >= 4 is 23.1 Å². The summed E-state index contributed by atoms with van der Waals surface area (Å²) in [5.41, 5.74) is 1.13. The quantitative estimate of drug-likeness (QED) is 0.746. The summed E-state index contributed by atoms with van der Waals surface area (Å²) in [6.45, 7) is 7.41. The predicted octanol–water partition coefficient (Wildman–Crippen LogP) is 3.07. The lowest BCUT2D eigenvalue weighted by Gasteiger charge is -2.11. The molecule has 2 nitrogen and oxygen atoms in total. The Balaban J connectivity index is 2.13. The molecule has 1 heterocycles. The van der Waals surface area contributed by atoms with Gasteiger partial charge in [-0.15, -0.1) is 11.3 Å². The molecule has 86 valence electrons. The summed E-state index contributed by atoms with van der Waals surface area (Å²) >= 11 is 3.75. The number of nitrogens with one attached hydrogen (secondary N) is 1. The van der Waals surface area contributed by atoms with E-state index in [1.54, 1.807) is 11.3 Å². The molecule has 0 aromatic carbocycles. The highest BCUT2D eigenvalue weighted by Gasteiger charge is 2.03. The summed E-state index contributed by atoms with van der Waals surface area (Å²) in [4.78, 5) is 4.43. The SMILES string of the molecule is CCSCCC(C)NCc1nc(C)cs1. The van der Waals surface area contributed by atoms with Gasteiger partial charge >= 0.3 is 0 Å². The molecule has 1 unspecified atom stereocenters. The summed E-state index contributed by atoms with van der Waals surface area (Å²) in [5, 5.41) is 6.81. The van der Waals surface area contributed by atoms with Gasteiger partial charge in [0.1, 0.15) is 5.01 Å². The van der Waals surface area contributed by atoms with Crippen LogP contribution in [0.3, 0.4) is 0 Å². The zero-order chi connectivity index (χ0) is 11.1. The van der Waals surface area contributed by atoms with Crippen molar-refractivity contribution in [3.63, 3.8) is 0 Å². The summed E-state index contributed by atoms with van der Waals surface area (Å²) < 4.78 is 0. The van der Waals surface area contributed by atoms with Crippen LogP contribution in [0, 0.1) is 6.92 Å². The summed E-state index contributed by atoms with van der Waals surface area (Å²) in [5.74, 6) is 2.47. The van der Waals surface area contributed by atoms with Gasteiger partial charge in [0.2, 0.25) is 0 Å². The van der Waals surface area contributed by atoms with Crippen LogP contribution in [-0.4, -0.2) is 22.5 Å². The number of aryl methyl sites for hydroxylation is 1. The maximum atomic E-state index is 4.43. The molecule has 1 atom stereocenters. The molecule has 0 fully saturated rings. The van der Waals surface area contributed by atoms with Crippen molar-refractivity contribution in [2.75, 3.05) is 11.5 Å². The highest BCUT2D eigenvalue weighted by molar-refractivity contribution is 7.99. The van der Waals surface area contributed by atoms with Gasteiger partial charge in [-0.25, -0.2) is 4.98 Å². The van der Waals surface area contributed by atoms with Crippen molar-refractivity contribution in [3.05, 3.63) is 16.1 Å². The van der Waals surface area contributed by atoms with Crippen molar-refractivity contribution in [3.8, 4) is 0 Å². The van der Waals surface area contributed by atoms with Gasteiger partial charge in [0.05, 0.1) is 0 Å². The number of rotatable bonds is 7. The number of hydrogen-bond donors (Lipinski definition) is 1. The van der Waals surface area contributed by atoms with Gasteiger partial charge in [-0.3, -0.25) is 0 Å². The van der Waals surface area contributed by atoms with E-state index in [1.807, 2.05) is 18.7 Å². The molecule has 0 radical (unpaired) electrons. The molecule has 0 saturated carbocycles. The average Bonchev–Trinajstić information content (AvgIpc) is 2.62. The normalized spacial score (nSPS) is 13.0. The van der Waals surface area contributed by atoms with Gasteiger partial charge in [0, 0.05) is 23.7 Å². The van der Waals surface area contributed by atoms with Gasteiger partial charge in [-0.05, 0) is 31.8 Å². The van der Waals surface area contributed by atoms with Gasteiger partial charge in [-0.1, -0.05) is 6.92 Å². The van der Waals surface area contributed by atoms with E-state index >= 15 is 0 Å². The monoisotopic (exact) mass is 244 g/mol. The Morgan fingerprint density at radius 1 is 1.60 bits per heavy atom. The number of thiazole rings is 1. The minimum atomic E-state index is 0.591. The lowest BCUT2D eigenvalue weighted by atomic mass is 10.2. The third-order valence-corrected chi connectivity index (χ3v) is 4.07. The standard InChI is InChI=1S/C11H20N2S2/c1-4-14-6-5-9(2)12-7-11-13-10(3)8-15-11/h8-9,12H,4-7H2,1-3H3. The molecule has 1 aromatic heterocycles. The van der Waals surface area contributed by atoms with Crippen LogP contribution >= 0.6 is 23.1 Å². The molecule has 0 aliphatic carbocycles. The third kappa shape index (κ3) is 5.54. The largest absolute Gasteiger partial charge is 0.308 e. The Kier molecular flexibility index (Phi) is 6.29. The first-order valence-corrected chi connectivity index (χ1v) is 7.48. The molecule has 4 heteroatoms. The van der Waals surface area contributed by atoms with Crippen LogP contribution in [0.5, 0.6) is 0 Å². The highest BCUT2D eigenvalue weighted by atomic mass is 32.2. The van der Waals surface area contributed by atoms with E-state index < -0.39 is 0 Å². The molecule has 0 saturated heterocycles. The molecule has 1 N–H and O–H groups in total. The zero-order valence-electron chi connectivity index (χ0n) is 9.75. The van der Waals surface area contributed by atoms with Crippen LogP contribution in [0.25, 0.3) is 0 Å². The Morgan fingerprint density at radius 2 is 2.40 bits per heavy atom. The fraction of sp³-hybridized carbons (Fsp3) is 0.727. The number of aromatic nitrogens is 1. The predicted molar refractivity (Wildman–Crippen MR) is 70.8 cm³/mol. The van der Waals surface area contributed by atoms with Gasteiger partial charge in [0.15, 0.2) is 0 Å². The van der Waals surface area contributed by atoms with Crippen LogP contribution in [0.15, 0.2) is 5.38 Å². The minimum Gasteiger partial charge on any atom is -0.308 e. The fourth-order valence-corrected chi connectivity index (χ4v) is 2.78. The van der Waals surface area contributed by atoms with Crippen molar-refractivity contribution in [1.29, 1.82) is 0 Å². The maximum Gasteiger partial charge on any atom is 0.107 e. The average molecular weight is 244 g/mol. The van der Waals surface area contributed by atoms with E-state index in [-0.39, 0.29) is 0 Å². The van der Waals surface area contributed by atoms with Crippen molar-refractivity contribution < 1.29 is 0 Å². The first-order valence-electron chi connectivity index (χ1n) is 5.44. The second-order valence-electron chi connectivity index (χ2n) is 3.65. The molecular weight excluding hydrogens is 224 g/mol. The molecular formula is C11H20N2S2. The maximum absolute atomic E-state index is 4.43. The number of hydrogen-bond acceptors (Lipinski definition) is 4. The molecule has 0 spiro atoms. The summed E-state index contributed by atoms with van der Waals surface area (Å²) in [6, 6.07) is 0.591. The van der Waals surface area contributed by atoms with Crippen molar-refractivity contribution in [1.82, 2.24) is 10.3 Å². The molecule has 1 aromatic rings. The van der Waals surface area contributed by atoms with Gasteiger partial charge in [0.25, 0.3) is 0 Å². The van der Waals surface area contributed by atoms with Gasteiger partial charge in [-0.2, -0.15) is 11.8 Å². The van der Waals surface area contributed by atoms with E-state index in [4.69, 9.17) is 0 Å². The first-order chi connectivity index (χ1) is 7.22. The van der Waals surface area contributed by atoms with Crippen LogP contribution in [-0.2, 0) is 6.54 Å². The molecule has 0 bridgehead atoms. The fourth-order valence-electron chi connectivity index (χ4n) is 1.25. The van der Waals surface area contributed by atoms with E-state index in [0.717, 1.165) is 12.2 Å². The van der Waals surface area contributed by atoms with Gasteiger partial charge < -0.3 is 5.32 Å². The van der Waals surface area contributed by atoms with E-state index in [0.29, 0.717) is 6.04 Å². The van der Waals surface area contributed by atoms with E-state index in [9.17, 15) is 0 Å². The van der Waals surface area contributed by atoms with Crippen LogP contribution in [0.4, 0.5) is 0 Å². The smallest absolute Gasteiger partial charge is 0.107 e. The third-order valence-electron chi connectivity index (χ3n) is 2.17. The topological polar surface area (TPSA) is 24.9 Å². The Hall–Kier alpha value is -0.0600. The van der Waals surface area contributed by atoms with E-state index in [1.165, 1.54) is 22.9 Å². The lowest BCUT2D eigenvalue weighted by molar-refractivity contribution is 0.536. The lowest BCUT2D eigenvalue weighted by Crippen LogP contribution is -2.25. The molecule has 0 amide bonds. The van der Waals surface area contributed by atoms with Crippen molar-refractivity contribution in [2.45, 2.75) is 39.8 Å². The summed E-state index contributed by atoms with van der Waals surface area (Å²) in [6.07, 6.45) is 1.24. The molecule has 1 rings (SSSR count). The molecule has 15 heavy (non-hydrogen) atoms. The van der Waals surface area contributed by atoms with E-state index in [2.05, 4.69) is 29.5 Å². The number of nitrogens with zero attached hydrogens (tertiary/aromatic N) is 1. The Morgan fingerprint density at radius 3 is 3.00 bits per heavy atom. The van der Waals surface area contributed by atoms with Crippen LogP contribution < -0.4 is 5.32 Å². The minimum absolute atomic E-state index is 0.591. The Bertz CT molecular complexity index is 273. The Labute approximate surface area is 101 Å². The van der Waals surface area contributed by atoms with Crippen molar-refractivity contribution in [2.24, 2.45) is 0 Å². The first kappa shape index (κ1) is 13.0. The van der Waals surface area contributed by atoms with Crippen LogP contribution in [0.1, 0.15) is 31.0 Å². The summed E-state index contributed by atoms with van der Waals surface area (Å²) in [7, 11) is 0. The molecule has 0 aliphatic heterocycles. The van der Waals surface area contributed by atoms with Crippen LogP contribution in [0.2, 0.25) is 0 Å². The number of thioether (sulfide) groups is 1. The second kappa shape index (κ2) is 7.25. The zero-order valence-corrected chi connectivity index (χ0v) is 11.4. The molecule has 0 aliphatic rings.